The van der Waals surface area contributed by atoms with Gasteiger partial charge in [0, 0.05) is 21.8 Å². The number of benzene rings is 3. The van der Waals surface area contributed by atoms with Gasteiger partial charge in [-0.05, 0) is 60.7 Å². The summed E-state index contributed by atoms with van der Waals surface area (Å²) in [7, 11) is 1.62. The van der Waals surface area contributed by atoms with Gasteiger partial charge in [-0.25, -0.2) is 0 Å². The SMILES string of the molecule is COc1ccc(C#Cc2ccccc2C(=O)Nc2ccc(Cl)cc2)cc1. The van der Waals surface area contributed by atoms with Crippen LogP contribution in [0.2, 0.25) is 5.02 Å². The topological polar surface area (TPSA) is 38.3 Å². The predicted molar refractivity (Wildman–Crippen MR) is 105 cm³/mol. The first kappa shape index (κ1) is 17.6. The van der Waals surface area contributed by atoms with E-state index in [0.29, 0.717) is 21.8 Å². The molecule has 0 saturated heterocycles. The number of carbonyl (C=O) groups excluding carboxylic acids is 1. The molecule has 0 fully saturated rings. The molecule has 1 N–H and O–H groups in total. The lowest BCUT2D eigenvalue weighted by atomic mass is 10.1. The van der Waals surface area contributed by atoms with E-state index >= 15 is 0 Å². The van der Waals surface area contributed by atoms with Crippen LogP contribution in [0.1, 0.15) is 21.5 Å². The van der Waals surface area contributed by atoms with E-state index in [0.717, 1.165) is 11.3 Å². The van der Waals surface area contributed by atoms with Gasteiger partial charge in [0.2, 0.25) is 0 Å². The van der Waals surface area contributed by atoms with Crippen molar-refractivity contribution in [1.29, 1.82) is 0 Å². The lowest BCUT2D eigenvalue weighted by Gasteiger charge is -2.07. The van der Waals surface area contributed by atoms with Crippen LogP contribution in [-0.4, -0.2) is 13.0 Å². The van der Waals surface area contributed by atoms with Gasteiger partial charge in [-0.2, -0.15) is 0 Å². The van der Waals surface area contributed by atoms with Crippen LogP contribution in [0.5, 0.6) is 5.75 Å². The third kappa shape index (κ3) is 4.44. The Kier molecular flexibility index (Phi) is 5.58. The summed E-state index contributed by atoms with van der Waals surface area (Å²) in [4.78, 5) is 12.6. The molecule has 128 valence electrons. The highest BCUT2D eigenvalue weighted by molar-refractivity contribution is 6.30. The van der Waals surface area contributed by atoms with E-state index in [9.17, 15) is 4.79 Å². The van der Waals surface area contributed by atoms with E-state index in [4.69, 9.17) is 16.3 Å². The maximum atomic E-state index is 12.6. The highest BCUT2D eigenvalue weighted by atomic mass is 35.5. The van der Waals surface area contributed by atoms with Crippen molar-refractivity contribution in [2.24, 2.45) is 0 Å². The molecule has 3 aromatic carbocycles. The van der Waals surface area contributed by atoms with Gasteiger partial charge >= 0.3 is 0 Å². The normalized spacial score (nSPS) is 9.77. The Morgan fingerprint density at radius 2 is 1.62 bits per heavy atom. The number of methoxy groups -OCH3 is 1. The van der Waals surface area contributed by atoms with Crippen LogP contribution in [0, 0.1) is 11.8 Å². The summed E-state index contributed by atoms with van der Waals surface area (Å²) in [6.07, 6.45) is 0. The number of halogens is 1. The minimum atomic E-state index is -0.216. The number of nitrogens with one attached hydrogen (secondary N) is 1. The smallest absolute Gasteiger partial charge is 0.256 e. The zero-order chi connectivity index (χ0) is 18.4. The first-order chi connectivity index (χ1) is 12.7. The lowest BCUT2D eigenvalue weighted by molar-refractivity contribution is 0.102. The summed E-state index contributed by atoms with van der Waals surface area (Å²) in [5.41, 5.74) is 2.70. The maximum absolute atomic E-state index is 12.6. The average molecular weight is 362 g/mol. The molecular weight excluding hydrogens is 346 g/mol. The van der Waals surface area contributed by atoms with Crippen LogP contribution in [0.4, 0.5) is 5.69 Å². The summed E-state index contributed by atoms with van der Waals surface area (Å²) in [5.74, 6) is 6.71. The number of rotatable bonds is 3. The number of anilines is 1. The highest BCUT2D eigenvalue weighted by Gasteiger charge is 2.09. The van der Waals surface area contributed by atoms with Gasteiger partial charge in [0.15, 0.2) is 0 Å². The zero-order valence-corrected chi connectivity index (χ0v) is 14.9. The van der Waals surface area contributed by atoms with Gasteiger partial charge < -0.3 is 10.1 Å². The molecule has 0 heterocycles. The van der Waals surface area contributed by atoms with Crippen molar-refractivity contribution in [3.63, 3.8) is 0 Å². The van der Waals surface area contributed by atoms with E-state index in [2.05, 4.69) is 17.2 Å². The second-order valence-corrected chi connectivity index (χ2v) is 5.92. The number of carbonyl (C=O) groups is 1. The van der Waals surface area contributed by atoms with Gasteiger partial charge in [-0.1, -0.05) is 35.6 Å². The number of amides is 1. The van der Waals surface area contributed by atoms with Gasteiger partial charge in [0.05, 0.1) is 12.7 Å². The third-order valence-corrected chi connectivity index (χ3v) is 3.96. The van der Waals surface area contributed by atoms with Gasteiger partial charge in [-0.3, -0.25) is 4.79 Å². The van der Waals surface area contributed by atoms with Gasteiger partial charge in [0.1, 0.15) is 5.75 Å². The standard InChI is InChI=1S/C22H16ClNO2/c1-26-20-14-7-16(8-15-20)6-9-17-4-2-3-5-21(17)22(25)24-19-12-10-18(23)11-13-19/h2-5,7-8,10-15H,1H3,(H,24,25). The highest BCUT2D eigenvalue weighted by Crippen LogP contribution is 2.16. The largest absolute Gasteiger partial charge is 0.497 e. The molecule has 0 atom stereocenters. The third-order valence-electron chi connectivity index (χ3n) is 3.71. The van der Waals surface area contributed by atoms with Crippen LogP contribution < -0.4 is 10.1 Å². The molecule has 0 spiro atoms. The Morgan fingerprint density at radius 1 is 0.923 bits per heavy atom. The van der Waals surface area contributed by atoms with E-state index in [1.807, 2.05) is 42.5 Å². The minimum absolute atomic E-state index is 0.216. The Bertz CT molecular complexity index is 968. The first-order valence-electron chi connectivity index (χ1n) is 7.98. The van der Waals surface area contributed by atoms with Crippen LogP contribution in [0.15, 0.2) is 72.8 Å². The number of hydrogen-bond donors (Lipinski definition) is 1. The molecule has 0 aliphatic carbocycles. The van der Waals surface area contributed by atoms with Crippen molar-refractivity contribution < 1.29 is 9.53 Å². The Labute approximate surface area is 157 Å². The minimum Gasteiger partial charge on any atom is -0.497 e. The van der Waals surface area contributed by atoms with Gasteiger partial charge in [-0.15, -0.1) is 0 Å². The van der Waals surface area contributed by atoms with Crippen LogP contribution in [-0.2, 0) is 0 Å². The predicted octanol–water partition coefficient (Wildman–Crippen LogP) is 5.00. The molecule has 4 heteroatoms. The van der Waals surface area contributed by atoms with Crippen LogP contribution in [0.3, 0.4) is 0 Å². The molecular formula is C22H16ClNO2. The molecule has 0 radical (unpaired) electrons. The number of ether oxygens (including phenoxy) is 1. The Hall–Kier alpha value is -3.22. The quantitative estimate of drug-likeness (QED) is 0.666. The van der Waals surface area contributed by atoms with Crippen molar-refractivity contribution in [2.75, 3.05) is 12.4 Å². The van der Waals surface area contributed by atoms with E-state index in [1.54, 1.807) is 37.4 Å². The summed E-state index contributed by atoms with van der Waals surface area (Å²) in [5, 5.41) is 3.48. The molecule has 0 unspecified atom stereocenters. The van der Waals surface area contributed by atoms with Crippen LogP contribution in [0.25, 0.3) is 0 Å². The zero-order valence-electron chi connectivity index (χ0n) is 14.1. The van der Waals surface area contributed by atoms with E-state index in [-0.39, 0.29) is 5.91 Å². The Morgan fingerprint density at radius 3 is 2.31 bits per heavy atom. The van der Waals surface area contributed by atoms with Crippen LogP contribution >= 0.6 is 11.6 Å². The molecule has 0 aromatic heterocycles. The fraction of sp³-hybridized carbons (Fsp3) is 0.0455. The molecule has 0 aliphatic rings. The summed E-state index contributed by atoms with van der Waals surface area (Å²) < 4.78 is 5.14. The molecule has 1 amide bonds. The molecule has 0 bridgehead atoms. The molecule has 3 aromatic rings. The van der Waals surface area contributed by atoms with Crippen molar-refractivity contribution in [3.8, 4) is 17.6 Å². The molecule has 26 heavy (non-hydrogen) atoms. The fourth-order valence-electron chi connectivity index (χ4n) is 2.34. The summed E-state index contributed by atoms with van der Waals surface area (Å²) >= 11 is 5.87. The monoisotopic (exact) mass is 361 g/mol. The maximum Gasteiger partial charge on any atom is 0.256 e. The number of hydrogen-bond acceptors (Lipinski definition) is 2. The molecule has 3 rings (SSSR count). The average Bonchev–Trinajstić information content (AvgIpc) is 2.68. The summed E-state index contributed by atoms with van der Waals surface area (Å²) in [6.45, 7) is 0. The van der Waals surface area contributed by atoms with E-state index < -0.39 is 0 Å². The summed E-state index contributed by atoms with van der Waals surface area (Å²) in [6, 6.07) is 21.7. The van der Waals surface area contributed by atoms with Crippen molar-refractivity contribution >= 4 is 23.2 Å². The van der Waals surface area contributed by atoms with E-state index in [1.165, 1.54) is 0 Å². The molecule has 0 saturated carbocycles. The second-order valence-electron chi connectivity index (χ2n) is 5.49. The molecule has 0 aliphatic heterocycles. The second kappa shape index (κ2) is 8.24. The molecule has 3 nitrogen and oxygen atoms in total. The van der Waals surface area contributed by atoms with Crippen molar-refractivity contribution in [2.45, 2.75) is 0 Å². The van der Waals surface area contributed by atoms with Gasteiger partial charge in [0.25, 0.3) is 5.91 Å². The van der Waals surface area contributed by atoms with Crippen molar-refractivity contribution in [3.05, 3.63) is 94.5 Å². The Balaban J connectivity index is 1.82. The first-order valence-corrected chi connectivity index (χ1v) is 8.35. The lowest BCUT2D eigenvalue weighted by Crippen LogP contribution is -2.13. The fourth-order valence-corrected chi connectivity index (χ4v) is 2.46. The van der Waals surface area contributed by atoms with Crippen molar-refractivity contribution in [1.82, 2.24) is 0 Å².